The molecule has 1 aromatic rings. The van der Waals surface area contributed by atoms with E-state index in [4.69, 9.17) is 14.7 Å². The minimum Gasteiger partial charge on any atom is -0.470 e. The van der Waals surface area contributed by atoms with Crippen LogP contribution in [0.3, 0.4) is 0 Å². The fourth-order valence-corrected chi connectivity index (χ4v) is 2.17. The van der Waals surface area contributed by atoms with Crippen LogP contribution in [0.15, 0.2) is 12.4 Å². The second kappa shape index (κ2) is 6.60. The number of nitrogens with zero attached hydrogens (tertiary/aromatic N) is 4. The summed E-state index contributed by atoms with van der Waals surface area (Å²) >= 11 is 0. The molecule has 1 aliphatic rings. The lowest BCUT2D eigenvalue weighted by Crippen LogP contribution is -2.46. The van der Waals surface area contributed by atoms with Gasteiger partial charge in [0.2, 0.25) is 5.69 Å². The van der Waals surface area contributed by atoms with Crippen molar-refractivity contribution < 1.29 is 14.3 Å². The van der Waals surface area contributed by atoms with Gasteiger partial charge in [-0.15, -0.1) is 0 Å². The van der Waals surface area contributed by atoms with Gasteiger partial charge in [0, 0.05) is 18.9 Å². The van der Waals surface area contributed by atoms with Crippen LogP contribution in [0.25, 0.3) is 0 Å². The SMILES string of the molecule is CC(C)(C)OC(=O)N1CCCC(Oc2nccnc2C#N)C1. The van der Waals surface area contributed by atoms with E-state index in [0.29, 0.717) is 13.1 Å². The lowest BCUT2D eigenvalue weighted by Gasteiger charge is -2.33. The van der Waals surface area contributed by atoms with Crippen LogP contribution < -0.4 is 4.74 Å². The minimum atomic E-state index is -0.524. The second-order valence-corrected chi connectivity index (χ2v) is 6.13. The lowest BCUT2D eigenvalue weighted by atomic mass is 10.1. The Bertz CT molecular complexity index is 577. The van der Waals surface area contributed by atoms with Gasteiger partial charge in [-0.3, -0.25) is 0 Å². The van der Waals surface area contributed by atoms with Gasteiger partial charge in [0.1, 0.15) is 17.8 Å². The van der Waals surface area contributed by atoms with Gasteiger partial charge in [-0.05, 0) is 33.6 Å². The summed E-state index contributed by atoms with van der Waals surface area (Å²) in [5, 5.41) is 9.00. The van der Waals surface area contributed by atoms with Crippen molar-refractivity contribution in [1.29, 1.82) is 5.26 Å². The Labute approximate surface area is 129 Å². The molecule has 1 saturated heterocycles. The van der Waals surface area contributed by atoms with Crippen molar-refractivity contribution in [3.8, 4) is 11.9 Å². The number of rotatable bonds is 2. The average molecular weight is 304 g/mol. The normalized spacial score (nSPS) is 18.5. The molecular weight excluding hydrogens is 284 g/mol. The van der Waals surface area contributed by atoms with E-state index in [0.717, 1.165) is 12.8 Å². The van der Waals surface area contributed by atoms with Crippen LogP contribution in [0.5, 0.6) is 5.88 Å². The van der Waals surface area contributed by atoms with Crippen LogP contribution >= 0.6 is 0 Å². The van der Waals surface area contributed by atoms with Gasteiger partial charge in [-0.25, -0.2) is 14.8 Å². The largest absolute Gasteiger partial charge is 0.470 e. The van der Waals surface area contributed by atoms with E-state index >= 15 is 0 Å². The number of hydrogen-bond acceptors (Lipinski definition) is 6. The molecule has 118 valence electrons. The summed E-state index contributed by atoms with van der Waals surface area (Å²) in [7, 11) is 0. The third-order valence-electron chi connectivity index (χ3n) is 3.08. The van der Waals surface area contributed by atoms with Crippen LogP contribution in [0.2, 0.25) is 0 Å². The number of carbonyl (C=O) groups is 1. The van der Waals surface area contributed by atoms with Crippen molar-refractivity contribution >= 4 is 6.09 Å². The van der Waals surface area contributed by atoms with Crippen LogP contribution in [0, 0.1) is 11.3 Å². The zero-order chi connectivity index (χ0) is 16.2. The first kappa shape index (κ1) is 16.0. The van der Waals surface area contributed by atoms with Gasteiger partial charge < -0.3 is 14.4 Å². The number of amides is 1. The maximum atomic E-state index is 12.1. The zero-order valence-electron chi connectivity index (χ0n) is 13.1. The number of piperidine rings is 1. The molecule has 2 heterocycles. The van der Waals surface area contributed by atoms with E-state index in [2.05, 4.69) is 9.97 Å². The Morgan fingerprint density at radius 3 is 2.82 bits per heavy atom. The Morgan fingerprint density at radius 2 is 2.14 bits per heavy atom. The smallest absolute Gasteiger partial charge is 0.410 e. The summed E-state index contributed by atoms with van der Waals surface area (Å²) in [5.41, 5.74) is -0.374. The molecule has 7 nitrogen and oxygen atoms in total. The summed E-state index contributed by atoms with van der Waals surface area (Å²) in [6.45, 7) is 6.56. The molecule has 1 amide bonds. The van der Waals surface area contributed by atoms with Crippen LogP contribution in [0.4, 0.5) is 4.79 Å². The molecule has 0 spiro atoms. The average Bonchev–Trinajstić information content (AvgIpc) is 2.46. The molecule has 0 N–H and O–H groups in total. The number of likely N-dealkylation sites (tertiary alicyclic amines) is 1. The first-order chi connectivity index (χ1) is 10.4. The molecule has 0 aliphatic carbocycles. The maximum absolute atomic E-state index is 12.1. The molecular formula is C15H20N4O3. The highest BCUT2D eigenvalue weighted by Crippen LogP contribution is 2.20. The number of ether oxygens (including phenoxy) is 2. The fraction of sp³-hybridized carbons (Fsp3) is 0.600. The molecule has 7 heteroatoms. The Morgan fingerprint density at radius 1 is 1.41 bits per heavy atom. The van der Waals surface area contributed by atoms with Gasteiger partial charge in [0.25, 0.3) is 5.88 Å². The Kier molecular flexibility index (Phi) is 4.81. The number of carbonyl (C=O) groups excluding carboxylic acids is 1. The van der Waals surface area contributed by atoms with E-state index in [1.165, 1.54) is 12.4 Å². The van der Waals surface area contributed by atoms with Crippen molar-refractivity contribution in [2.24, 2.45) is 0 Å². The zero-order valence-corrected chi connectivity index (χ0v) is 13.1. The Hall–Kier alpha value is -2.36. The summed E-state index contributed by atoms with van der Waals surface area (Å²) in [4.78, 5) is 21.7. The van der Waals surface area contributed by atoms with Gasteiger partial charge in [0.15, 0.2) is 0 Å². The van der Waals surface area contributed by atoms with Gasteiger partial charge in [-0.1, -0.05) is 0 Å². The predicted molar refractivity (Wildman–Crippen MR) is 78.2 cm³/mol. The highest BCUT2D eigenvalue weighted by molar-refractivity contribution is 5.68. The standard InChI is InChI=1S/C15H20N4O3/c1-15(2,3)22-14(20)19-8-4-5-11(10-19)21-13-12(9-16)17-6-7-18-13/h6-7,11H,4-5,8,10H2,1-3H3. The highest BCUT2D eigenvalue weighted by atomic mass is 16.6. The highest BCUT2D eigenvalue weighted by Gasteiger charge is 2.29. The number of hydrogen-bond donors (Lipinski definition) is 0. The van der Waals surface area contributed by atoms with E-state index in [-0.39, 0.29) is 23.8 Å². The van der Waals surface area contributed by atoms with Crippen molar-refractivity contribution in [2.45, 2.75) is 45.3 Å². The third kappa shape index (κ3) is 4.32. The van der Waals surface area contributed by atoms with Crippen LogP contribution in [0.1, 0.15) is 39.3 Å². The summed E-state index contributed by atoms with van der Waals surface area (Å²) in [5.74, 6) is 0.209. The lowest BCUT2D eigenvalue weighted by molar-refractivity contribution is 0.00714. The van der Waals surface area contributed by atoms with Crippen molar-refractivity contribution in [3.05, 3.63) is 18.1 Å². The summed E-state index contributed by atoms with van der Waals surface area (Å²) in [6.07, 6.45) is 3.96. The van der Waals surface area contributed by atoms with Crippen LogP contribution in [-0.2, 0) is 4.74 Å². The number of nitriles is 1. The molecule has 0 saturated carbocycles. The van der Waals surface area contributed by atoms with Crippen molar-refractivity contribution in [1.82, 2.24) is 14.9 Å². The third-order valence-corrected chi connectivity index (χ3v) is 3.08. The molecule has 1 unspecified atom stereocenters. The summed E-state index contributed by atoms with van der Waals surface area (Å²) < 4.78 is 11.1. The van der Waals surface area contributed by atoms with E-state index in [1.54, 1.807) is 4.90 Å². The molecule has 1 fully saturated rings. The van der Waals surface area contributed by atoms with E-state index in [1.807, 2.05) is 26.8 Å². The molecule has 1 aromatic heterocycles. The second-order valence-electron chi connectivity index (χ2n) is 6.13. The van der Waals surface area contributed by atoms with Gasteiger partial charge in [-0.2, -0.15) is 5.26 Å². The molecule has 22 heavy (non-hydrogen) atoms. The maximum Gasteiger partial charge on any atom is 0.410 e. The van der Waals surface area contributed by atoms with Gasteiger partial charge in [0.05, 0.1) is 6.54 Å². The van der Waals surface area contributed by atoms with Crippen molar-refractivity contribution in [3.63, 3.8) is 0 Å². The summed E-state index contributed by atoms with van der Waals surface area (Å²) in [6, 6.07) is 1.95. The monoisotopic (exact) mass is 304 g/mol. The first-order valence-corrected chi connectivity index (χ1v) is 7.25. The molecule has 0 aromatic carbocycles. The molecule has 0 radical (unpaired) electrons. The van der Waals surface area contributed by atoms with Gasteiger partial charge >= 0.3 is 6.09 Å². The molecule has 2 rings (SSSR count). The minimum absolute atomic E-state index is 0.150. The first-order valence-electron chi connectivity index (χ1n) is 7.25. The number of aromatic nitrogens is 2. The molecule has 0 bridgehead atoms. The predicted octanol–water partition coefficient (Wildman–Crippen LogP) is 2.13. The van der Waals surface area contributed by atoms with E-state index in [9.17, 15) is 4.79 Å². The molecule has 1 aliphatic heterocycles. The quantitative estimate of drug-likeness (QED) is 0.831. The van der Waals surface area contributed by atoms with Crippen molar-refractivity contribution in [2.75, 3.05) is 13.1 Å². The van der Waals surface area contributed by atoms with E-state index < -0.39 is 5.60 Å². The Balaban J connectivity index is 1.99. The molecule has 1 atom stereocenters. The topological polar surface area (TPSA) is 88.3 Å². The fourth-order valence-electron chi connectivity index (χ4n) is 2.17. The van der Waals surface area contributed by atoms with Crippen LogP contribution in [-0.4, -0.2) is 45.8 Å².